The number of fused-ring (bicyclic) bond motifs is 1. The number of carbonyl (C=O) groups is 2. The molecule has 0 atom stereocenters. The van der Waals surface area contributed by atoms with Gasteiger partial charge in [0.05, 0.1) is 12.2 Å². The Morgan fingerprint density at radius 1 is 1.50 bits per heavy atom. The summed E-state index contributed by atoms with van der Waals surface area (Å²) in [6, 6.07) is 1.83. The fourth-order valence-electron chi connectivity index (χ4n) is 2.51. The Bertz CT molecular complexity index is 608. The van der Waals surface area contributed by atoms with Crippen LogP contribution in [-0.4, -0.2) is 18.4 Å². The summed E-state index contributed by atoms with van der Waals surface area (Å²) < 4.78 is 10.6. The van der Waals surface area contributed by atoms with Crippen LogP contribution in [0.3, 0.4) is 0 Å². The van der Waals surface area contributed by atoms with Crippen LogP contribution in [-0.2, 0) is 22.4 Å². The number of Topliss-reactive ketones (excluding diaryl/α,β-unsaturated/α-hetero) is 1. The largest absolute Gasteiger partial charge is 0.466 e. The molecule has 1 aliphatic rings. The summed E-state index contributed by atoms with van der Waals surface area (Å²) >= 11 is 0. The van der Waals surface area contributed by atoms with Crippen molar-refractivity contribution < 1.29 is 18.7 Å². The van der Waals surface area contributed by atoms with Crippen LogP contribution in [0.4, 0.5) is 0 Å². The topological polar surface area (TPSA) is 56.5 Å². The highest BCUT2D eigenvalue weighted by Crippen LogP contribution is 2.39. The predicted octanol–water partition coefficient (Wildman–Crippen LogP) is 2.50. The highest BCUT2D eigenvalue weighted by atomic mass is 16.5. The molecule has 0 aliphatic heterocycles. The van der Waals surface area contributed by atoms with E-state index < -0.39 is 0 Å². The van der Waals surface area contributed by atoms with Crippen LogP contribution in [0.1, 0.15) is 41.3 Å². The average molecular weight is 246 g/mol. The molecule has 2 aromatic heterocycles. The molecule has 0 radical (unpaired) electrons. The maximum atomic E-state index is 11.6. The van der Waals surface area contributed by atoms with E-state index in [0.29, 0.717) is 19.4 Å². The first-order chi connectivity index (χ1) is 8.70. The molecule has 0 saturated carbocycles. The molecule has 0 unspecified atom stereocenters. The quantitative estimate of drug-likeness (QED) is 0.600. The summed E-state index contributed by atoms with van der Waals surface area (Å²) in [6.07, 6.45) is 2.44. The van der Waals surface area contributed by atoms with Gasteiger partial charge in [-0.15, -0.1) is 0 Å². The number of hydrogen-bond donors (Lipinski definition) is 0. The molecule has 2 bridgehead atoms. The van der Waals surface area contributed by atoms with Crippen LogP contribution in [0.5, 0.6) is 0 Å². The Kier molecular flexibility index (Phi) is 2.58. The van der Waals surface area contributed by atoms with E-state index in [1.165, 1.54) is 0 Å². The summed E-state index contributed by atoms with van der Waals surface area (Å²) in [5, 5.41) is 0. The third kappa shape index (κ3) is 1.60. The first kappa shape index (κ1) is 11.3. The van der Waals surface area contributed by atoms with Crippen LogP contribution in [0.25, 0.3) is 11.2 Å². The number of hydrogen-bond acceptors (Lipinski definition) is 4. The number of aryl methyl sites for hydroxylation is 1. The number of rotatable bonds is 5. The summed E-state index contributed by atoms with van der Waals surface area (Å²) in [4.78, 5) is 22.6. The second-order valence-electron chi connectivity index (χ2n) is 4.59. The van der Waals surface area contributed by atoms with Crippen molar-refractivity contribution in [2.45, 2.75) is 32.6 Å². The fraction of sp³-hybridized carbons (Fsp3) is 0.429. The van der Waals surface area contributed by atoms with Gasteiger partial charge in [0.2, 0.25) is 0 Å². The highest BCUT2D eigenvalue weighted by molar-refractivity contribution is 6.12. The number of furan rings is 2. The zero-order chi connectivity index (χ0) is 12.7. The zero-order valence-electron chi connectivity index (χ0n) is 10.2. The van der Waals surface area contributed by atoms with Crippen molar-refractivity contribution in [1.82, 2.24) is 0 Å². The Balaban J connectivity index is 1.64. The molecule has 2 heterocycles. The lowest BCUT2D eigenvalue weighted by atomic mass is 10.0. The third-order valence-electron chi connectivity index (χ3n) is 3.43. The number of esters is 1. The molecule has 0 fully saturated rings. The van der Waals surface area contributed by atoms with Crippen LogP contribution in [0, 0.1) is 0 Å². The second kappa shape index (κ2) is 4.12. The SMILES string of the molecule is CCC(=O)OCCCc1c2c3oc1cc3C(=O)C2. The smallest absolute Gasteiger partial charge is 0.305 e. The molecule has 0 saturated heterocycles. The minimum absolute atomic E-state index is 0.155. The lowest BCUT2D eigenvalue weighted by Crippen LogP contribution is -2.05. The third-order valence-corrected chi connectivity index (χ3v) is 3.43. The molecule has 1 aliphatic carbocycles. The van der Waals surface area contributed by atoms with Crippen LogP contribution >= 0.6 is 0 Å². The van der Waals surface area contributed by atoms with Gasteiger partial charge in [-0.2, -0.15) is 0 Å². The molecule has 4 nitrogen and oxygen atoms in total. The van der Waals surface area contributed by atoms with Gasteiger partial charge in [-0.05, 0) is 18.9 Å². The number of benzene rings is 1. The van der Waals surface area contributed by atoms with E-state index in [0.717, 1.165) is 40.7 Å². The molecule has 4 heteroatoms. The van der Waals surface area contributed by atoms with Gasteiger partial charge in [-0.3, -0.25) is 9.59 Å². The summed E-state index contributed by atoms with van der Waals surface area (Å²) in [5.74, 6) is -0.0143. The van der Waals surface area contributed by atoms with Crippen LogP contribution < -0.4 is 0 Å². The van der Waals surface area contributed by atoms with Crippen LogP contribution in [0.2, 0.25) is 0 Å². The van der Waals surface area contributed by atoms with Gasteiger partial charge in [0, 0.05) is 24.0 Å². The lowest BCUT2D eigenvalue weighted by molar-refractivity contribution is -0.143. The molecule has 2 aromatic rings. The summed E-state index contributed by atoms with van der Waals surface area (Å²) in [7, 11) is 0. The summed E-state index contributed by atoms with van der Waals surface area (Å²) in [5.41, 5.74) is 4.50. The Morgan fingerprint density at radius 2 is 2.33 bits per heavy atom. The van der Waals surface area contributed by atoms with E-state index in [9.17, 15) is 9.59 Å². The zero-order valence-corrected chi connectivity index (χ0v) is 10.2. The fourth-order valence-corrected chi connectivity index (χ4v) is 2.51. The van der Waals surface area contributed by atoms with Crippen LogP contribution in [0.15, 0.2) is 10.5 Å². The van der Waals surface area contributed by atoms with Gasteiger partial charge >= 0.3 is 5.97 Å². The van der Waals surface area contributed by atoms with Crippen molar-refractivity contribution >= 4 is 22.9 Å². The predicted molar refractivity (Wildman–Crippen MR) is 65.0 cm³/mol. The van der Waals surface area contributed by atoms with E-state index in [1.807, 2.05) is 6.07 Å². The van der Waals surface area contributed by atoms with Gasteiger partial charge in [0.25, 0.3) is 0 Å². The Morgan fingerprint density at radius 3 is 3.11 bits per heavy atom. The van der Waals surface area contributed by atoms with Crippen molar-refractivity contribution in [3.63, 3.8) is 0 Å². The van der Waals surface area contributed by atoms with Gasteiger partial charge in [0.1, 0.15) is 11.2 Å². The normalized spacial score (nSPS) is 13.7. The van der Waals surface area contributed by atoms with Crippen molar-refractivity contribution in [3.05, 3.63) is 22.8 Å². The molecule has 94 valence electrons. The Hall–Kier alpha value is -1.84. The lowest BCUT2D eigenvalue weighted by Gasteiger charge is -2.03. The van der Waals surface area contributed by atoms with Crippen molar-refractivity contribution in [2.75, 3.05) is 6.61 Å². The van der Waals surface area contributed by atoms with Gasteiger partial charge in [-0.25, -0.2) is 0 Å². The monoisotopic (exact) mass is 246 g/mol. The van der Waals surface area contributed by atoms with E-state index in [4.69, 9.17) is 9.15 Å². The maximum Gasteiger partial charge on any atom is 0.305 e. The number of ether oxygens (including phenoxy) is 1. The van der Waals surface area contributed by atoms with Gasteiger partial charge in [0.15, 0.2) is 5.78 Å². The van der Waals surface area contributed by atoms with E-state index in [2.05, 4.69) is 0 Å². The minimum Gasteiger partial charge on any atom is -0.466 e. The molecular weight excluding hydrogens is 232 g/mol. The standard InChI is InChI=1S/C14H14O4/c1-2-13(16)17-5-3-4-8-9-6-11(15)10-7-12(8)18-14(9)10/h7H,2-6H2,1H3. The second-order valence-corrected chi connectivity index (χ2v) is 4.59. The Labute approximate surface area is 104 Å². The minimum atomic E-state index is -0.169. The maximum absolute atomic E-state index is 11.6. The van der Waals surface area contributed by atoms with Crippen molar-refractivity contribution in [3.8, 4) is 0 Å². The van der Waals surface area contributed by atoms with E-state index >= 15 is 0 Å². The van der Waals surface area contributed by atoms with E-state index in [-0.39, 0.29) is 11.8 Å². The first-order valence-electron chi connectivity index (χ1n) is 6.26. The molecule has 0 spiro atoms. The first-order valence-corrected chi connectivity index (χ1v) is 6.26. The molecular formula is C14H14O4. The molecule has 0 N–H and O–H groups in total. The molecule has 0 amide bonds. The van der Waals surface area contributed by atoms with Crippen molar-refractivity contribution in [1.29, 1.82) is 0 Å². The molecule has 3 rings (SSSR count). The van der Waals surface area contributed by atoms with E-state index in [1.54, 1.807) is 6.92 Å². The molecule has 18 heavy (non-hydrogen) atoms. The van der Waals surface area contributed by atoms with Crippen molar-refractivity contribution in [2.24, 2.45) is 0 Å². The summed E-state index contributed by atoms with van der Waals surface area (Å²) in [6.45, 7) is 2.20. The highest BCUT2D eigenvalue weighted by Gasteiger charge is 2.31. The number of ketones is 1. The van der Waals surface area contributed by atoms with Gasteiger partial charge < -0.3 is 9.15 Å². The van der Waals surface area contributed by atoms with Gasteiger partial charge in [-0.1, -0.05) is 6.92 Å². The average Bonchev–Trinajstić information content (AvgIpc) is 2.97. The number of carbonyl (C=O) groups excluding carboxylic acids is 2. The molecule has 0 aromatic carbocycles.